The molecule has 1 aromatic carbocycles. The number of pyridine rings is 1. The molecule has 1 aliphatic rings. The summed E-state index contributed by atoms with van der Waals surface area (Å²) in [4.78, 5) is 30.4. The summed E-state index contributed by atoms with van der Waals surface area (Å²) in [5.74, 6) is -5.52. The second-order valence-corrected chi connectivity index (χ2v) is 7.55. The normalized spacial score (nSPS) is 19.6. The lowest BCUT2D eigenvalue weighted by atomic mass is 9.84. The van der Waals surface area contributed by atoms with Gasteiger partial charge in [0.1, 0.15) is 16.1 Å². The molecular formula is C19H16BrF3N4O5. The molecule has 3 rings (SSSR count). The van der Waals surface area contributed by atoms with Crippen molar-refractivity contribution in [3.63, 3.8) is 0 Å². The van der Waals surface area contributed by atoms with Gasteiger partial charge in [0, 0.05) is 37.8 Å². The number of amidine groups is 1. The number of ether oxygens (including phenoxy) is 2. The Bertz CT molecular complexity index is 1070. The lowest BCUT2D eigenvalue weighted by Gasteiger charge is -2.40. The number of nitro groups is 1. The molecule has 1 N–H and O–H groups in total. The summed E-state index contributed by atoms with van der Waals surface area (Å²) in [6.45, 7) is -1.42. The highest BCUT2D eigenvalue weighted by atomic mass is 79.9. The van der Waals surface area contributed by atoms with Gasteiger partial charge in [-0.2, -0.15) is 8.78 Å². The van der Waals surface area contributed by atoms with Gasteiger partial charge in [-0.1, -0.05) is 0 Å². The number of benzene rings is 1. The average Bonchev–Trinajstić information content (AvgIpc) is 2.76. The van der Waals surface area contributed by atoms with E-state index in [4.69, 9.17) is 9.47 Å². The number of non-ortho nitro benzene ring substituents is 1. The van der Waals surface area contributed by atoms with Crippen molar-refractivity contribution in [3.05, 3.63) is 68.2 Å². The zero-order valence-corrected chi connectivity index (χ0v) is 18.1. The van der Waals surface area contributed by atoms with Crippen molar-refractivity contribution in [1.29, 1.82) is 0 Å². The number of nitro benzene ring substituents is 1. The minimum absolute atomic E-state index is 0.00603. The van der Waals surface area contributed by atoms with Gasteiger partial charge in [0.15, 0.2) is 12.1 Å². The highest BCUT2D eigenvalue weighted by Gasteiger charge is 2.60. The van der Waals surface area contributed by atoms with Crippen LogP contribution in [0.1, 0.15) is 22.5 Å². The molecule has 0 saturated carbocycles. The maximum Gasteiger partial charge on any atom is 0.312 e. The monoisotopic (exact) mass is 516 g/mol. The summed E-state index contributed by atoms with van der Waals surface area (Å²) in [5.41, 5.74) is -3.40. The molecule has 1 aromatic heterocycles. The Labute approximate surface area is 187 Å². The molecule has 1 atom stereocenters. The SMILES string of the molecule is COCCC1(c2nc(Br)ccc2F)N=C(NC(=O)c2ccc([N+](=O)[O-])cc2)OCC1(F)F. The van der Waals surface area contributed by atoms with E-state index in [0.717, 1.165) is 18.2 Å². The van der Waals surface area contributed by atoms with Crippen molar-refractivity contribution in [2.75, 3.05) is 20.3 Å². The molecule has 170 valence electrons. The van der Waals surface area contributed by atoms with Crippen LogP contribution >= 0.6 is 15.9 Å². The summed E-state index contributed by atoms with van der Waals surface area (Å²) < 4.78 is 54.8. The van der Waals surface area contributed by atoms with E-state index in [1.807, 2.05) is 0 Å². The molecule has 2 heterocycles. The highest BCUT2D eigenvalue weighted by Crippen LogP contribution is 2.46. The first kappa shape index (κ1) is 23.6. The first-order chi connectivity index (χ1) is 15.1. The van der Waals surface area contributed by atoms with Crippen molar-refractivity contribution < 1.29 is 32.4 Å². The molecule has 13 heteroatoms. The second kappa shape index (κ2) is 9.20. The molecule has 0 radical (unpaired) electrons. The van der Waals surface area contributed by atoms with E-state index in [9.17, 15) is 19.3 Å². The van der Waals surface area contributed by atoms with Gasteiger partial charge in [0.2, 0.25) is 0 Å². The molecule has 1 aliphatic heterocycles. The van der Waals surface area contributed by atoms with Crippen LogP contribution in [0.25, 0.3) is 0 Å². The zero-order valence-electron chi connectivity index (χ0n) is 16.5. The number of aromatic nitrogens is 1. The fourth-order valence-corrected chi connectivity index (χ4v) is 3.38. The van der Waals surface area contributed by atoms with Crippen molar-refractivity contribution in [3.8, 4) is 0 Å². The van der Waals surface area contributed by atoms with Crippen molar-refractivity contribution in [1.82, 2.24) is 10.3 Å². The van der Waals surface area contributed by atoms with Gasteiger partial charge in [-0.15, -0.1) is 0 Å². The van der Waals surface area contributed by atoms with E-state index in [1.165, 1.54) is 25.3 Å². The number of nitrogens with one attached hydrogen (secondary N) is 1. The van der Waals surface area contributed by atoms with E-state index in [1.54, 1.807) is 0 Å². The van der Waals surface area contributed by atoms with Gasteiger partial charge in [-0.25, -0.2) is 14.4 Å². The van der Waals surface area contributed by atoms with Gasteiger partial charge in [0.25, 0.3) is 17.6 Å². The van der Waals surface area contributed by atoms with Gasteiger partial charge in [-0.3, -0.25) is 20.2 Å². The van der Waals surface area contributed by atoms with Crippen LogP contribution in [0.4, 0.5) is 18.9 Å². The number of halogens is 4. The van der Waals surface area contributed by atoms with E-state index >= 15 is 8.78 Å². The summed E-state index contributed by atoms with van der Waals surface area (Å²) in [6, 6.07) is 6.22. The van der Waals surface area contributed by atoms with Crippen molar-refractivity contribution in [2.24, 2.45) is 4.99 Å². The first-order valence-corrected chi connectivity index (χ1v) is 9.87. The topological polar surface area (TPSA) is 116 Å². The Balaban J connectivity index is 2.01. The fourth-order valence-electron chi connectivity index (χ4n) is 3.08. The number of carbonyl (C=O) groups excluding carboxylic acids is 1. The standard InChI is InChI=1S/C19H16BrF3N4O5/c1-31-9-8-18(15-13(21)6-7-14(20)24-15)19(22,23)10-32-17(26-18)25-16(28)11-2-4-12(5-3-11)27(29)30/h2-7H,8-10H2,1H3,(H,25,26,28). The van der Waals surface area contributed by atoms with Crippen molar-refractivity contribution >= 4 is 33.5 Å². The number of alkyl halides is 2. The maximum atomic E-state index is 15.1. The van der Waals surface area contributed by atoms with Crippen LogP contribution in [0.5, 0.6) is 0 Å². The van der Waals surface area contributed by atoms with Gasteiger partial charge >= 0.3 is 5.92 Å². The zero-order chi connectivity index (χ0) is 23.5. The van der Waals surface area contributed by atoms with Crippen LogP contribution in [-0.2, 0) is 15.0 Å². The van der Waals surface area contributed by atoms with Crippen LogP contribution in [-0.4, -0.2) is 48.1 Å². The van der Waals surface area contributed by atoms with Crippen molar-refractivity contribution in [2.45, 2.75) is 17.9 Å². The molecule has 0 bridgehead atoms. The number of rotatable bonds is 6. The third-order valence-electron chi connectivity index (χ3n) is 4.72. The number of methoxy groups -OCH3 is 1. The smallest absolute Gasteiger partial charge is 0.312 e. The Morgan fingerprint density at radius 3 is 2.62 bits per heavy atom. The number of aliphatic imine (C=N–C) groups is 1. The molecule has 1 amide bonds. The minimum Gasteiger partial charge on any atom is -0.458 e. The minimum atomic E-state index is -3.69. The van der Waals surface area contributed by atoms with Gasteiger partial charge in [-0.05, 0) is 40.2 Å². The Hall–Kier alpha value is -3.06. The number of hydrogen-bond donors (Lipinski definition) is 1. The largest absolute Gasteiger partial charge is 0.458 e. The molecule has 32 heavy (non-hydrogen) atoms. The van der Waals surface area contributed by atoms with Crippen LogP contribution in [0.3, 0.4) is 0 Å². The first-order valence-electron chi connectivity index (χ1n) is 9.07. The van der Waals surface area contributed by atoms with E-state index in [2.05, 4.69) is 31.2 Å². The number of nitrogens with zero attached hydrogens (tertiary/aromatic N) is 3. The number of hydrogen-bond acceptors (Lipinski definition) is 7. The molecule has 1 unspecified atom stereocenters. The molecule has 2 aromatic rings. The summed E-state index contributed by atoms with van der Waals surface area (Å²) >= 11 is 3.04. The molecule has 0 fully saturated rings. The van der Waals surface area contributed by atoms with E-state index < -0.39 is 52.9 Å². The Kier molecular flexibility index (Phi) is 6.79. The number of amides is 1. The molecule has 0 spiro atoms. The lowest BCUT2D eigenvalue weighted by molar-refractivity contribution is -0.384. The lowest BCUT2D eigenvalue weighted by Crippen LogP contribution is -2.55. The molecule has 0 saturated heterocycles. The van der Waals surface area contributed by atoms with Crippen LogP contribution in [0.2, 0.25) is 0 Å². The third-order valence-corrected chi connectivity index (χ3v) is 5.16. The second-order valence-electron chi connectivity index (χ2n) is 6.74. The Morgan fingerprint density at radius 1 is 1.31 bits per heavy atom. The van der Waals surface area contributed by atoms with Gasteiger partial charge < -0.3 is 9.47 Å². The third kappa shape index (κ3) is 4.58. The predicted octanol–water partition coefficient (Wildman–Crippen LogP) is 3.57. The maximum absolute atomic E-state index is 15.1. The Morgan fingerprint density at radius 2 is 2.00 bits per heavy atom. The van der Waals surface area contributed by atoms with Crippen LogP contribution < -0.4 is 5.32 Å². The highest BCUT2D eigenvalue weighted by molar-refractivity contribution is 9.10. The predicted molar refractivity (Wildman–Crippen MR) is 109 cm³/mol. The summed E-state index contributed by atoms with van der Waals surface area (Å²) in [7, 11) is 1.29. The van der Waals surface area contributed by atoms with Gasteiger partial charge in [0.05, 0.1) is 4.92 Å². The molecule has 0 aliphatic carbocycles. The van der Waals surface area contributed by atoms with Crippen LogP contribution in [0.15, 0.2) is 46.0 Å². The van der Waals surface area contributed by atoms with E-state index in [-0.39, 0.29) is 22.5 Å². The molecule has 9 nitrogen and oxygen atoms in total. The van der Waals surface area contributed by atoms with Crippen LogP contribution in [0, 0.1) is 15.9 Å². The molecular weight excluding hydrogens is 501 g/mol. The quantitative estimate of drug-likeness (QED) is 0.356. The average molecular weight is 517 g/mol. The van der Waals surface area contributed by atoms with E-state index in [0.29, 0.717) is 0 Å². The fraction of sp³-hybridized carbons (Fsp3) is 0.316. The summed E-state index contributed by atoms with van der Waals surface area (Å²) in [5, 5.41) is 13.0. The summed E-state index contributed by atoms with van der Waals surface area (Å²) in [6.07, 6.45) is -0.461. The number of carbonyl (C=O) groups is 1.